The summed E-state index contributed by atoms with van der Waals surface area (Å²) in [5.41, 5.74) is 3.83. The average molecular weight is 393 g/mol. The van der Waals surface area contributed by atoms with E-state index in [9.17, 15) is 0 Å². The maximum absolute atomic E-state index is 5.96. The topological polar surface area (TPSA) is 49.8 Å². The molecule has 0 fully saturated rings. The van der Waals surface area contributed by atoms with Crippen LogP contribution < -0.4 is 10.0 Å². The van der Waals surface area contributed by atoms with Gasteiger partial charge in [0.25, 0.3) is 0 Å². The third kappa shape index (κ3) is 4.15. The van der Waals surface area contributed by atoms with Crippen LogP contribution in [0.25, 0.3) is 11.0 Å². The molecule has 134 valence electrons. The minimum absolute atomic E-state index is 0.678. The Morgan fingerprint density at radius 1 is 0.778 bits per heavy atom. The normalized spacial score (nSPS) is 10.7. The predicted molar refractivity (Wildman–Crippen MR) is 115 cm³/mol. The molecule has 0 saturated heterocycles. The molecule has 3 aromatic carbocycles. The van der Waals surface area contributed by atoms with Crippen molar-refractivity contribution in [3.05, 3.63) is 83.4 Å². The Morgan fingerprint density at radius 2 is 1.41 bits per heavy atom. The Labute approximate surface area is 167 Å². The summed E-state index contributed by atoms with van der Waals surface area (Å²) in [5.74, 6) is 1.36. The van der Waals surface area contributed by atoms with Crippen molar-refractivity contribution in [1.29, 1.82) is 0 Å². The van der Waals surface area contributed by atoms with E-state index in [0.29, 0.717) is 16.7 Å². The van der Waals surface area contributed by atoms with Gasteiger partial charge in [0.2, 0.25) is 0 Å². The number of anilines is 3. The number of nitrogens with zero attached hydrogens (tertiary/aromatic N) is 2. The smallest absolute Gasteiger partial charge is 0.180 e. The van der Waals surface area contributed by atoms with E-state index in [0.717, 1.165) is 27.2 Å². The number of hydrogen-bond donors (Lipinski definition) is 2. The van der Waals surface area contributed by atoms with Gasteiger partial charge in [-0.2, -0.15) is 0 Å². The van der Waals surface area contributed by atoms with Crippen molar-refractivity contribution in [3.63, 3.8) is 0 Å². The third-order valence-electron chi connectivity index (χ3n) is 4.05. The van der Waals surface area contributed by atoms with Crippen LogP contribution in [0.5, 0.6) is 0 Å². The minimum Gasteiger partial charge on any atom is -0.337 e. The molecule has 0 radical (unpaired) electrons. The summed E-state index contributed by atoms with van der Waals surface area (Å²) in [4.78, 5) is 10.6. The number of hydrogen-bond acceptors (Lipinski definition) is 5. The lowest BCUT2D eigenvalue weighted by atomic mass is 10.2. The molecule has 0 aliphatic rings. The van der Waals surface area contributed by atoms with Crippen LogP contribution in [0.3, 0.4) is 0 Å². The summed E-state index contributed by atoms with van der Waals surface area (Å²) >= 11 is 7.43. The first-order chi connectivity index (χ1) is 13.2. The number of aryl methyl sites for hydroxylation is 1. The van der Waals surface area contributed by atoms with Crippen molar-refractivity contribution in [3.8, 4) is 0 Å². The number of fused-ring (bicyclic) bond motifs is 1. The van der Waals surface area contributed by atoms with Crippen molar-refractivity contribution in [2.45, 2.75) is 11.8 Å². The maximum atomic E-state index is 5.96. The van der Waals surface area contributed by atoms with E-state index in [4.69, 9.17) is 21.6 Å². The molecule has 0 bridgehead atoms. The number of benzene rings is 3. The van der Waals surface area contributed by atoms with Crippen LogP contribution in [0.15, 0.2) is 77.7 Å². The summed E-state index contributed by atoms with van der Waals surface area (Å²) in [6, 6.07) is 23.6. The molecule has 6 heteroatoms. The fourth-order valence-corrected chi connectivity index (χ4v) is 3.36. The molecule has 27 heavy (non-hydrogen) atoms. The quantitative estimate of drug-likeness (QED) is 0.382. The average Bonchev–Trinajstić information content (AvgIpc) is 2.69. The van der Waals surface area contributed by atoms with Crippen molar-refractivity contribution in [2.75, 3.05) is 10.0 Å². The van der Waals surface area contributed by atoms with Gasteiger partial charge in [-0.3, -0.25) is 0 Å². The highest BCUT2D eigenvalue weighted by Gasteiger charge is 2.11. The lowest BCUT2D eigenvalue weighted by Gasteiger charge is -2.14. The molecule has 4 rings (SSSR count). The Bertz CT molecular complexity index is 1080. The number of halogens is 1. The minimum atomic E-state index is 0.678. The SMILES string of the molecule is Cc1ccccc1Nc1nc2ccccc2nc1NSc1ccc(Cl)cc1. The van der Waals surface area contributed by atoms with Gasteiger partial charge in [0.1, 0.15) is 0 Å². The molecule has 0 aliphatic heterocycles. The van der Waals surface area contributed by atoms with E-state index in [-0.39, 0.29) is 0 Å². The first-order valence-electron chi connectivity index (χ1n) is 8.47. The zero-order valence-electron chi connectivity index (χ0n) is 14.6. The van der Waals surface area contributed by atoms with Crippen molar-refractivity contribution in [2.24, 2.45) is 0 Å². The van der Waals surface area contributed by atoms with Gasteiger partial charge >= 0.3 is 0 Å². The zero-order chi connectivity index (χ0) is 18.6. The summed E-state index contributed by atoms with van der Waals surface area (Å²) in [6.45, 7) is 2.06. The molecule has 0 unspecified atom stereocenters. The van der Waals surface area contributed by atoms with Crippen LogP contribution in [0, 0.1) is 6.92 Å². The Morgan fingerprint density at radius 3 is 2.11 bits per heavy atom. The number of rotatable bonds is 5. The monoisotopic (exact) mass is 392 g/mol. The van der Waals surface area contributed by atoms with E-state index in [1.807, 2.05) is 66.7 Å². The van der Waals surface area contributed by atoms with Gasteiger partial charge in [-0.1, -0.05) is 41.9 Å². The zero-order valence-corrected chi connectivity index (χ0v) is 16.2. The summed E-state index contributed by atoms with van der Waals surface area (Å²) in [5, 5.41) is 4.12. The van der Waals surface area contributed by atoms with E-state index < -0.39 is 0 Å². The summed E-state index contributed by atoms with van der Waals surface area (Å²) in [7, 11) is 0. The largest absolute Gasteiger partial charge is 0.337 e. The van der Waals surface area contributed by atoms with Gasteiger partial charge in [0.15, 0.2) is 11.6 Å². The first-order valence-corrected chi connectivity index (χ1v) is 9.66. The fraction of sp³-hybridized carbons (Fsp3) is 0.0476. The molecule has 0 atom stereocenters. The molecule has 0 aliphatic carbocycles. The Balaban J connectivity index is 1.68. The van der Waals surface area contributed by atoms with Crippen LogP contribution in [0.2, 0.25) is 5.02 Å². The lowest BCUT2D eigenvalue weighted by molar-refractivity contribution is 1.28. The Hall–Kier alpha value is -2.76. The van der Waals surface area contributed by atoms with Gasteiger partial charge < -0.3 is 10.0 Å². The summed E-state index contributed by atoms with van der Waals surface area (Å²) < 4.78 is 3.32. The van der Waals surface area contributed by atoms with Gasteiger partial charge in [-0.15, -0.1) is 0 Å². The maximum Gasteiger partial charge on any atom is 0.180 e. The van der Waals surface area contributed by atoms with Crippen LogP contribution in [0.4, 0.5) is 17.3 Å². The second-order valence-corrected chi connectivity index (χ2v) is 7.32. The number of aromatic nitrogens is 2. The fourth-order valence-electron chi connectivity index (χ4n) is 2.61. The van der Waals surface area contributed by atoms with Crippen LogP contribution in [-0.4, -0.2) is 9.97 Å². The first kappa shape index (κ1) is 17.6. The molecular formula is C21H17ClN4S. The molecule has 2 N–H and O–H groups in total. The molecule has 0 amide bonds. The van der Waals surface area contributed by atoms with Crippen molar-refractivity contribution in [1.82, 2.24) is 9.97 Å². The molecule has 0 spiro atoms. The second kappa shape index (κ2) is 7.86. The highest BCUT2D eigenvalue weighted by atomic mass is 35.5. The molecule has 1 aromatic heterocycles. The number of para-hydroxylation sites is 3. The van der Waals surface area contributed by atoms with Crippen LogP contribution >= 0.6 is 23.5 Å². The summed E-state index contributed by atoms with van der Waals surface area (Å²) in [6.07, 6.45) is 0. The molecular weight excluding hydrogens is 376 g/mol. The van der Waals surface area contributed by atoms with E-state index in [1.165, 1.54) is 11.9 Å². The van der Waals surface area contributed by atoms with E-state index >= 15 is 0 Å². The van der Waals surface area contributed by atoms with E-state index in [2.05, 4.69) is 23.0 Å². The van der Waals surface area contributed by atoms with Gasteiger partial charge in [-0.25, -0.2) is 9.97 Å². The predicted octanol–water partition coefficient (Wildman–Crippen LogP) is 6.45. The van der Waals surface area contributed by atoms with Crippen LogP contribution in [-0.2, 0) is 0 Å². The van der Waals surface area contributed by atoms with Crippen LogP contribution in [0.1, 0.15) is 5.56 Å². The van der Waals surface area contributed by atoms with Gasteiger partial charge in [0.05, 0.1) is 11.0 Å². The number of nitrogens with one attached hydrogen (secondary N) is 2. The standard InChI is InChI=1S/C21H17ClN4S/c1-14-6-2-3-7-17(14)23-20-21(25-19-9-5-4-8-18(19)24-20)26-27-16-12-10-15(22)11-13-16/h2-13H,1H3,(H,23,24)(H,25,26). The highest BCUT2D eigenvalue weighted by molar-refractivity contribution is 8.00. The van der Waals surface area contributed by atoms with E-state index in [1.54, 1.807) is 0 Å². The van der Waals surface area contributed by atoms with Crippen molar-refractivity contribution < 1.29 is 0 Å². The third-order valence-corrected chi connectivity index (χ3v) is 5.10. The molecule has 4 aromatic rings. The molecule has 1 heterocycles. The Kier molecular flexibility index (Phi) is 5.14. The van der Waals surface area contributed by atoms with Gasteiger partial charge in [0, 0.05) is 15.6 Å². The van der Waals surface area contributed by atoms with Gasteiger partial charge in [-0.05, 0) is 66.9 Å². The van der Waals surface area contributed by atoms with Crippen molar-refractivity contribution >= 4 is 51.9 Å². The molecule has 4 nitrogen and oxygen atoms in total. The highest BCUT2D eigenvalue weighted by Crippen LogP contribution is 2.30. The lowest BCUT2D eigenvalue weighted by Crippen LogP contribution is -2.03. The second-order valence-electron chi connectivity index (χ2n) is 6.01. The molecule has 0 saturated carbocycles.